The lowest BCUT2D eigenvalue weighted by Crippen LogP contribution is -2.53. The van der Waals surface area contributed by atoms with Gasteiger partial charge in [-0.05, 0) is 117 Å². The van der Waals surface area contributed by atoms with Gasteiger partial charge < -0.3 is 49.4 Å². The Hall–Kier alpha value is -4.04. The summed E-state index contributed by atoms with van der Waals surface area (Å²) in [4.78, 5) is 59.1. The molecule has 0 aliphatic heterocycles. The van der Waals surface area contributed by atoms with Crippen LogP contribution in [-0.2, 0) is 19.1 Å². The number of rotatable bonds is 21. The van der Waals surface area contributed by atoms with Crippen molar-refractivity contribution in [3.63, 3.8) is 0 Å². The number of aliphatic imine (C=N–C) groups is 2. The molecular weight excluding hydrogens is 737 g/mol. The van der Waals surface area contributed by atoms with E-state index in [1.165, 1.54) is 50.5 Å². The lowest BCUT2D eigenvalue weighted by atomic mass is 9.47. The van der Waals surface area contributed by atoms with Crippen LogP contribution in [-0.4, -0.2) is 73.6 Å². The lowest BCUT2D eigenvalue weighted by molar-refractivity contribution is -0.131. The molecule has 0 aromatic carbocycles. The van der Waals surface area contributed by atoms with E-state index >= 15 is 0 Å². The van der Waals surface area contributed by atoms with Crippen molar-refractivity contribution in [2.45, 2.75) is 156 Å². The molecule has 0 saturated heterocycles. The predicted octanol–water partition coefficient (Wildman–Crippen LogP) is 4.07. The monoisotopic (exact) mass is 813 g/mol. The van der Waals surface area contributed by atoms with E-state index in [1.807, 2.05) is 0 Å². The Morgan fingerprint density at radius 1 is 0.810 bits per heavy atom. The molecule has 4 rings (SSSR count). The Morgan fingerprint density at radius 2 is 1.48 bits per heavy atom. The number of hydrogen-bond donors (Lipinski definition) is 8. The van der Waals surface area contributed by atoms with Crippen LogP contribution in [0.2, 0.25) is 0 Å². The number of alkyl carbamates (subject to hydrolysis) is 1. The maximum Gasteiger partial charge on any atom is 0.407 e. The van der Waals surface area contributed by atoms with Crippen LogP contribution in [0.15, 0.2) is 21.6 Å². The Balaban J connectivity index is 1.25. The average Bonchev–Trinajstić information content (AvgIpc) is 3.51. The highest BCUT2D eigenvalue weighted by molar-refractivity contribution is 5.91. The molecular formula is C43H76N10O5. The quantitative estimate of drug-likeness (QED) is 0.0359. The molecule has 0 aromatic rings. The van der Waals surface area contributed by atoms with Crippen molar-refractivity contribution in [1.82, 2.24) is 16.0 Å². The van der Waals surface area contributed by atoms with E-state index in [9.17, 15) is 19.2 Å². The van der Waals surface area contributed by atoms with Crippen molar-refractivity contribution in [3.8, 4) is 0 Å². The van der Waals surface area contributed by atoms with Gasteiger partial charge in [-0.2, -0.15) is 0 Å². The SMILES string of the molecule is CC(C)CCC[C@@H](C)[C@H]1CC[C@H]2[C@@H]3CC=C4C[C@@H](OC(=O)NCCC(=O)N[C@@H](CCCN=C(N)N)C(=O)N[C@@H](CCCN=C(N)N)C(N)=O)CC[C@]4(C)[C@H]3CC[C@]12C. The van der Waals surface area contributed by atoms with Crippen molar-refractivity contribution in [2.24, 2.45) is 85.0 Å². The van der Waals surface area contributed by atoms with Crippen LogP contribution in [0.1, 0.15) is 137 Å². The summed E-state index contributed by atoms with van der Waals surface area (Å²) in [6, 6.07) is -1.99. The fourth-order valence-corrected chi connectivity index (χ4v) is 11.3. The zero-order valence-corrected chi connectivity index (χ0v) is 36.0. The first-order chi connectivity index (χ1) is 27.4. The number of carbonyl (C=O) groups excluding carboxylic acids is 4. The fraction of sp³-hybridized carbons (Fsp3) is 0.814. The smallest absolute Gasteiger partial charge is 0.407 e. The molecule has 4 aliphatic rings. The summed E-state index contributed by atoms with van der Waals surface area (Å²) in [5.74, 6) is 2.69. The summed E-state index contributed by atoms with van der Waals surface area (Å²) in [5.41, 5.74) is 29.1. The van der Waals surface area contributed by atoms with E-state index in [2.05, 4.69) is 66.6 Å². The van der Waals surface area contributed by atoms with Crippen molar-refractivity contribution < 1.29 is 23.9 Å². The number of allylic oxidation sites excluding steroid dienone is 1. The minimum Gasteiger partial charge on any atom is -0.446 e. The minimum atomic E-state index is -0.996. The first-order valence-corrected chi connectivity index (χ1v) is 22.1. The number of amides is 4. The van der Waals surface area contributed by atoms with Crippen LogP contribution in [0, 0.1) is 46.3 Å². The van der Waals surface area contributed by atoms with Gasteiger partial charge in [-0.15, -0.1) is 0 Å². The third kappa shape index (κ3) is 12.5. The number of nitrogens with one attached hydrogen (secondary N) is 3. The lowest BCUT2D eigenvalue weighted by Gasteiger charge is -2.58. The second-order valence-electron chi connectivity index (χ2n) is 18.7. The van der Waals surface area contributed by atoms with Gasteiger partial charge in [0, 0.05) is 32.5 Å². The average molecular weight is 813 g/mol. The first-order valence-electron chi connectivity index (χ1n) is 22.1. The Kier molecular flexibility index (Phi) is 17.1. The maximum atomic E-state index is 13.2. The summed E-state index contributed by atoms with van der Waals surface area (Å²) in [5, 5.41) is 8.06. The van der Waals surface area contributed by atoms with E-state index in [1.54, 1.807) is 0 Å². The van der Waals surface area contributed by atoms with Crippen LogP contribution in [0.4, 0.5) is 4.79 Å². The second kappa shape index (κ2) is 21.3. The van der Waals surface area contributed by atoms with Crippen LogP contribution in [0.3, 0.4) is 0 Å². The summed E-state index contributed by atoms with van der Waals surface area (Å²) < 4.78 is 5.91. The highest BCUT2D eigenvalue weighted by Crippen LogP contribution is 2.67. The largest absolute Gasteiger partial charge is 0.446 e. The molecule has 4 amide bonds. The van der Waals surface area contributed by atoms with Gasteiger partial charge in [0.25, 0.3) is 0 Å². The van der Waals surface area contributed by atoms with Crippen molar-refractivity contribution >= 4 is 35.7 Å². The summed E-state index contributed by atoms with van der Waals surface area (Å²) >= 11 is 0. The van der Waals surface area contributed by atoms with Gasteiger partial charge in [-0.3, -0.25) is 24.4 Å². The molecule has 3 saturated carbocycles. The molecule has 0 bridgehead atoms. The zero-order chi connectivity index (χ0) is 42.6. The first kappa shape index (κ1) is 46.6. The topological polar surface area (TPSA) is 268 Å². The van der Waals surface area contributed by atoms with Crippen molar-refractivity contribution in [2.75, 3.05) is 19.6 Å². The molecule has 4 aliphatic carbocycles. The number of primary amides is 1. The standard InChI is InChI=1S/C43H76N10O5/c1-26(2)9-6-10-27(3)31-15-16-32-30-14-13-28-25-29(17-20-42(28,4)33(30)18-21-43(31,32)5)58-41(57)51-24-19-36(54)52-35(12-8-23-50-40(47)48)38(56)53-34(37(44)55)11-7-22-49-39(45)46/h13,26-27,29-35H,6-12,14-25H2,1-5H3,(H2,44,55)(H,51,57)(H,52,54)(H,53,56)(H4,45,46,49)(H4,47,48,50)/t27-,29+,30+,31-,32+,33+,34+,35+,42+,43-/m1/s1. The predicted molar refractivity (Wildman–Crippen MR) is 229 cm³/mol. The Bertz CT molecular complexity index is 1510. The third-order valence-electron chi connectivity index (χ3n) is 14.4. The second-order valence-corrected chi connectivity index (χ2v) is 18.7. The molecule has 0 spiro atoms. The van der Waals surface area contributed by atoms with E-state index in [0.29, 0.717) is 24.2 Å². The molecule has 10 atom stereocenters. The van der Waals surface area contributed by atoms with E-state index < -0.39 is 35.9 Å². The van der Waals surface area contributed by atoms with Gasteiger partial charge in [0.15, 0.2) is 11.9 Å². The van der Waals surface area contributed by atoms with Crippen LogP contribution in [0.25, 0.3) is 0 Å². The molecule has 328 valence electrons. The normalized spacial score (nSPS) is 28.9. The molecule has 15 heteroatoms. The summed E-state index contributed by atoms with van der Waals surface area (Å²) in [7, 11) is 0. The van der Waals surface area contributed by atoms with Gasteiger partial charge >= 0.3 is 6.09 Å². The van der Waals surface area contributed by atoms with Crippen LogP contribution >= 0.6 is 0 Å². The molecule has 0 heterocycles. The Morgan fingerprint density at radius 3 is 2.12 bits per heavy atom. The number of ether oxygens (including phenoxy) is 1. The van der Waals surface area contributed by atoms with E-state index in [-0.39, 0.29) is 62.3 Å². The molecule has 0 radical (unpaired) electrons. The van der Waals surface area contributed by atoms with Gasteiger partial charge in [0.1, 0.15) is 18.2 Å². The molecule has 0 unspecified atom stereocenters. The zero-order valence-electron chi connectivity index (χ0n) is 36.0. The number of guanidine groups is 2. The molecule has 13 N–H and O–H groups in total. The molecule has 15 nitrogen and oxygen atoms in total. The number of fused-ring (bicyclic) bond motifs is 5. The summed E-state index contributed by atoms with van der Waals surface area (Å²) in [6.07, 6.45) is 15.9. The number of hydrogen-bond acceptors (Lipinski definition) is 7. The van der Waals surface area contributed by atoms with Gasteiger partial charge in [0.2, 0.25) is 17.7 Å². The van der Waals surface area contributed by atoms with Gasteiger partial charge in [-0.1, -0.05) is 65.5 Å². The molecule has 58 heavy (non-hydrogen) atoms. The van der Waals surface area contributed by atoms with Crippen molar-refractivity contribution in [1.29, 1.82) is 0 Å². The van der Waals surface area contributed by atoms with Gasteiger partial charge in [0.05, 0.1) is 0 Å². The number of nitrogens with zero attached hydrogens (tertiary/aromatic N) is 2. The highest BCUT2D eigenvalue weighted by atomic mass is 16.6. The number of nitrogens with two attached hydrogens (primary N) is 5. The summed E-state index contributed by atoms with van der Waals surface area (Å²) in [6.45, 7) is 12.8. The Labute approximate surface area is 346 Å². The van der Waals surface area contributed by atoms with Crippen molar-refractivity contribution in [3.05, 3.63) is 11.6 Å². The minimum absolute atomic E-state index is 0.0239. The molecule has 3 fully saturated rings. The van der Waals surface area contributed by atoms with Crippen LogP contribution in [0.5, 0.6) is 0 Å². The maximum absolute atomic E-state index is 13.2. The molecule has 0 aromatic heterocycles. The van der Waals surface area contributed by atoms with Crippen LogP contribution < -0.4 is 44.6 Å². The van der Waals surface area contributed by atoms with E-state index in [0.717, 1.165) is 55.3 Å². The van der Waals surface area contributed by atoms with E-state index in [4.69, 9.17) is 33.4 Å². The third-order valence-corrected chi connectivity index (χ3v) is 14.4. The number of carbonyl (C=O) groups is 4. The highest BCUT2D eigenvalue weighted by Gasteiger charge is 2.59. The van der Waals surface area contributed by atoms with Gasteiger partial charge in [-0.25, -0.2) is 4.79 Å². The fourth-order valence-electron chi connectivity index (χ4n) is 11.3.